The van der Waals surface area contributed by atoms with E-state index >= 15 is 0 Å². The number of benzene rings is 1. The van der Waals surface area contributed by atoms with Crippen LogP contribution in [0.5, 0.6) is 5.75 Å². The summed E-state index contributed by atoms with van der Waals surface area (Å²) < 4.78 is 5.67. The Bertz CT molecular complexity index is 538. The van der Waals surface area contributed by atoms with Gasteiger partial charge in [0.25, 0.3) is 5.91 Å². The third kappa shape index (κ3) is 4.36. The molecule has 1 fully saturated rings. The molecule has 5 nitrogen and oxygen atoms in total. The topological polar surface area (TPSA) is 67.4 Å². The second-order valence-electron chi connectivity index (χ2n) is 5.22. The summed E-state index contributed by atoms with van der Waals surface area (Å²) >= 11 is 5.89. The zero-order valence-electron chi connectivity index (χ0n) is 12.1. The van der Waals surface area contributed by atoms with Gasteiger partial charge in [-0.15, -0.1) is 0 Å². The van der Waals surface area contributed by atoms with Crippen molar-refractivity contribution in [1.82, 2.24) is 10.6 Å². The minimum Gasteiger partial charge on any atom is -0.481 e. The first kappa shape index (κ1) is 15.6. The van der Waals surface area contributed by atoms with E-state index in [1.165, 1.54) is 0 Å². The SMILES string of the molecule is Cc1cc(Cl)ccc1O[C@@H](C)C(=O)N[C@@H]1CCC(=O)NC1. The van der Waals surface area contributed by atoms with Crippen LogP contribution < -0.4 is 15.4 Å². The molecule has 0 aliphatic carbocycles. The summed E-state index contributed by atoms with van der Waals surface area (Å²) in [6.07, 6.45) is 0.489. The largest absolute Gasteiger partial charge is 0.481 e. The second kappa shape index (κ2) is 6.80. The van der Waals surface area contributed by atoms with Gasteiger partial charge in [-0.2, -0.15) is 0 Å². The van der Waals surface area contributed by atoms with Gasteiger partial charge in [0, 0.05) is 24.0 Å². The van der Waals surface area contributed by atoms with E-state index in [2.05, 4.69) is 10.6 Å². The van der Waals surface area contributed by atoms with Crippen molar-refractivity contribution in [3.8, 4) is 5.75 Å². The van der Waals surface area contributed by atoms with Gasteiger partial charge in [0.1, 0.15) is 5.75 Å². The number of carbonyl (C=O) groups is 2. The Kier molecular flexibility index (Phi) is 5.07. The number of hydrogen-bond donors (Lipinski definition) is 2. The molecule has 0 aromatic heterocycles. The van der Waals surface area contributed by atoms with Crippen molar-refractivity contribution in [3.63, 3.8) is 0 Å². The minimum absolute atomic E-state index is 0.0292. The molecule has 1 aromatic rings. The maximum atomic E-state index is 12.1. The number of nitrogens with one attached hydrogen (secondary N) is 2. The minimum atomic E-state index is -0.609. The maximum Gasteiger partial charge on any atom is 0.261 e. The molecule has 0 spiro atoms. The van der Waals surface area contributed by atoms with Crippen LogP contribution in [0.25, 0.3) is 0 Å². The maximum absolute atomic E-state index is 12.1. The van der Waals surface area contributed by atoms with Gasteiger partial charge in [-0.05, 0) is 44.0 Å². The zero-order valence-corrected chi connectivity index (χ0v) is 12.9. The highest BCUT2D eigenvalue weighted by Gasteiger charge is 2.23. The summed E-state index contributed by atoms with van der Waals surface area (Å²) in [7, 11) is 0. The molecule has 2 amide bonds. The van der Waals surface area contributed by atoms with Gasteiger partial charge in [0.15, 0.2) is 6.10 Å². The first-order valence-electron chi connectivity index (χ1n) is 6.95. The molecular formula is C15H19ClN2O3. The number of hydrogen-bond acceptors (Lipinski definition) is 3. The number of amides is 2. The average Bonchev–Trinajstić information content (AvgIpc) is 2.44. The van der Waals surface area contributed by atoms with Crippen molar-refractivity contribution in [2.45, 2.75) is 38.8 Å². The van der Waals surface area contributed by atoms with Crippen LogP contribution in [0.3, 0.4) is 0 Å². The van der Waals surface area contributed by atoms with Crippen molar-refractivity contribution < 1.29 is 14.3 Å². The van der Waals surface area contributed by atoms with E-state index in [9.17, 15) is 9.59 Å². The number of halogens is 1. The van der Waals surface area contributed by atoms with Crippen molar-refractivity contribution in [3.05, 3.63) is 28.8 Å². The number of ether oxygens (including phenoxy) is 1. The molecule has 2 rings (SSSR count). The highest BCUT2D eigenvalue weighted by Crippen LogP contribution is 2.22. The summed E-state index contributed by atoms with van der Waals surface area (Å²) in [4.78, 5) is 23.2. The van der Waals surface area contributed by atoms with Crippen molar-refractivity contribution >= 4 is 23.4 Å². The third-order valence-electron chi connectivity index (χ3n) is 3.42. The fraction of sp³-hybridized carbons (Fsp3) is 0.467. The molecule has 0 saturated carbocycles. The Hall–Kier alpha value is -1.75. The molecule has 114 valence electrons. The van der Waals surface area contributed by atoms with Gasteiger partial charge < -0.3 is 15.4 Å². The molecule has 1 aromatic carbocycles. The molecule has 6 heteroatoms. The Morgan fingerprint density at radius 1 is 1.52 bits per heavy atom. The summed E-state index contributed by atoms with van der Waals surface area (Å²) in [5, 5.41) is 6.25. The molecule has 1 saturated heterocycles. The van der Waals surface area contributed by atoms with Crippen LogP contribution in [0.1, 0.15) is 25.3 Å². The van der Waals surface area contributed by atoms with Gasteiger partial charge in [-0.1, -0.05) is 11.6 Å². The molecule has 0 bridgehead atoms. The van der Waals surface area contributed by atoms with E-state index in [1.54, 1.807) is 25.1 Å². The average molecular weight is 311 g/mol. The quantitative estimate of drug-likeness (QED) is 0.891. The van der Waals surface area contributed by atoms with Crippen LogP contribution in [0.2, 0.25) is 5.02 Å². The van der Waals surface area contributed by atoms with Gasteiger partial charge in [-0.3, -0.25) is 9.59 Å². The van der Waals surface area contributed by atoms with Gasteiger partial charge in [-0.25, -0.2) is 0 Å². The van der Waals surface area contributed by atoms with Crippen LogP contribution in [0.4, 0.5) is 0 Å². The van der Waals surface area contributed by atoms with Crippen molar-refractivity contribution in [1.29, 1.82) is 0 Å². The number of aryl methyl sites for hydroxylation is 1. The molecule has 2 N–H and O–H groups in total. The van der Waals surface area contributed by atoms with Crippen molar-refractivity contribution in [2.24, 2.45) is 0 Å². The van der Waals surface area contributed by atoms with Crippen LogP contribution in [-0.4, -0.2) is 30.5 Å². The summed E-state index contributed by atoms with van der Waals surface area (Å²) in [5.41, 5.74) is 0.882. The van der Waals surface area contributed by atoms with Crippen molar-refractivity contribution in [2.75, 3.05) is 6.54 Å². The lowest BCUT2D eigenvalue weighted by Crippen LogP contribution is -2.50. The molecule has 1 aliphatic heterocycles. The predicted molar refractivity (Wildman–Crippen MR) is 80.5 cm³/mol. The Morgan fingerprint density at radius 2 is 2.29 bits per heavy atom. The Labute approximate surface area is 129 Å². The lowest BCUT2D eigenvalue weighted by molar-refractivity contribution is -0.129. The van der Waals surface area contributed by atoms with E-state index in [0.717, 1.165) is 5.56 Å². The Morgan fingerprint density at radius 3 is 2.90 bits per heavy atom. The second-order valence-corrected chi connectivity index (χ2v) is 5.65. The number of piperidine rings is 1. The summed E-state index contributed by atoms with van der Waals surface area (Å²) in [6, 6.07) is 5.23. The molecule has 0 unspecified atom stereocenters. The molecule has 1 aliphatic rings. The van der Waals surface area contributed by atoms with E-state index in [0.29, 0.717) is 30.2 Å². The summed E-state index contributed by atoms with van der Waals surface area (Å²) in [6.45, 7) is 4.05. The van der Waals surface area contributed by atoms with Gasteiger partial charge in [0.2, 0.25) is 5.91 Å². The number of carbonyl (C=O) groups excluding carboxylic acids is 2. The molecule has 21 heavy (non-hydrogen) atoms. The van der Waals surface area contributed by atoms with Crippen LogP contribution in [0, 0.1) is 6.92 Å². The Balaban J connectivity index is 1.89. The van der Waals surface area contributed by atoms with E-state index in [4.69, 9.17) is 16.3 Å². The molecular weight excluding hydrogens is 292 g/mol. The zero-order chi connectivity index (χ0) is 15.4. The number of rotatable bonds is 4. The molecule has 0 radical (unpaired) electrons. The lowest BCUT2D eigenvalue weighted by Gasteiger charge is -2.25. The van der Waals surface area contributed by atoms with Gasteiger partial charge >= 0.3 is 0 Å². The van der Waals surface area contributed by atoms with E-state index in [-0.39, 0.29) is 17.9 Å². The molecule has 2 atom stereocenters. The lowest BCUT2D eigenvalue weighted by atomic mass is 10.1. The first-order chi connectivity index (χ1) is 9.95. The standard InChI is InChI=1S/C15H19ClN2O3/c1-9-7-11(16)3-5-13(9)21-10(2)15(20)18-12-4-6-14(19)17-8-12/h3,5,7,10,12H,4,6,8H2,1-2H3,(H,17,19)(H,18,20)/t10-,12+/m0/s1. The van der Waals surface area contributed by atoms with Crippen LogP contribution in [-0.2, 0) is 9.59 Å². The monoisotopic (exact) mass is 310 g/mol. The predicted octanol–water partition coefficient (Wildman–Crippen LogP) is 1.81. The van der Waals surface area contributed by atoms with Crippen LogP contribution >= 0.6 is 11.6 Å². The fourth-order valence-corrected chi connectivity index (χ4v) is 2.39. The molecule has 1 heterocycles. The smallest absolute Gasteiger partial charge is 0.261 e. The van der Waals surface area contributed by atoms with Crippen LogP contribution in [0.15, 0.2) is 18.2 Å². The highest BCUT2D eigenvalue weighted by atomic mass is 35.5. The normalized spacial score (nSPS) is 19.6. The first-order valence-corrected chi connectivity index (χ1v) is 7.33. The fourth-order valence-electron chi connectivity index (χ4n) is 2.16. The van der Waals surface area contributed by atoms with E-state index < -0.39 is 6.10 Å². The summed E-state index contributed by atoms with van der Waals surface area (Å²) in [5.74, 6) is 0.478. The third-order valence-corrected chi connectivity index (χ3v) is 3.66. The van der Waals surface area contributed by atoms with Gasteiger partial charge in [0.05, 0.1) is 0 Å². The highest BCUT2D eigenvalue weighted by molar-refractivity contribution is 6.30. The van der Waals surface area contributed by atoms with E-state index in [1.807, 2.05) is 6.92 Å².